The number of rotatable bonds is 5. The summed E-state index contributed by atoms with van der Waals surface area (Å²) in [7, 11) is 0. The van der Waals surface area contributed by atoms with Crippen molar-refractivity contribution in [2.24, 2.45) is 5.92 Å². The van der Waals surface area contributed by atoms with E-state index in [2.05, 4.69) is 25.4 Å². The summed E-state index contributed by atoms with van der Waals surface area (Å²) in [5, 5.41) is 10.9. The van der Waals surface area contributed by atoms with E-state index in [-0.39, 0.29) is 5.91 Å². The molecule has 3 aromatic rings. The van der Waals surface area contributed by atoms with Crippen molar-refractivity contribution in [3.05, 3.63) is 41.9 Å². The van der Waals surface area contributed by atoms with Crippen molar-refractivity contribution in [1.82, 2.24) is 20.5 Å². The second-order valence-electron chi connectivity index (χ2n) is 6.85. The van der Waals surface area contributed by atoms with E-state index in [0.717, 1.165) is 60.7 Å². The minimum atomic E-state index is 0.0531. The molecular formula is C19H23N5O2. The van der Waals surface area contributed by atoms with Crippen LogP contribution in [0, 0.1) is 12.8 Å². The molecule has 4 rings (SSSR count). The summed E-state index contributed by atoms with van der Waals surface area (Å²) in [5.41, 5.74) is 1.82. The fourth-order valence-corrected chi connectivity index (χ4v) is 3.62. The maximum atomic E-state index is 12.4. The summed E-state index contributed by atoms with van der Waals surface area (Å²) in [5.74, 6) is 2.20. The fourth-order valence-electron chi connectivity index (χ4n) is 3.62. The second-order valence-corrected chi connectivity index (χ2v) is 6.85. The standard InChI is InChI=1S/C19H23N5O2/c1-13-16(15-4-2-3-5-17(15)26-13)10-18(25)20-11-14-6-8-24(9-7-14)19-21-12-22-23-19/h2-5,12,14H,6-11H2,1H3,(H,20,25)(H,21,22,23). The van der Waals surface area contributed by atoms with Crippen molar-refractivity contribution in [1.29, 1.82) is 0 Å². The van der Waals surface area contributed by atoms with Crippen LogP contribution in [0.3, 0.4) is 0 Å². The minimum Gasteiger partial charge on any atom is -0.461 e. The Kier molecular flexibility index (Phi) is 4.60. The van der Waals surface area contributed by atoms with E-state index < -0.39 is 0 Å². The van der Waals surface area contributed by atoms with Crippen LogP contribution >= 0.6 is 0 Å². The smallest absolute Gasteiger partial charge is 0.224 e. The normalized spacial score (nSPS) is 15.5. The molecule has 0 spiro atoms. The molecule has 0 radical (unpaired) electrons. The van der Waals surface area contributed by atoms with E-state index in [0.29, 0.717) is 12.3 Å². The number of nitrogens with one attached hydrogen (secondary N) is 2. The third-order valence-corrected chi connectivity index (χ3v) is 5.14. The van der Waals surface area contributed by atoms with Crippen LogP contribution < -0.4 is 10.2 Å². The molecule has 1 aliphatic heterocycles. The van der Waals surface area contributed by atoms with Gasteiger partial charge in [-0.1, -0.05) is 18.2 Å². The van der Waals surface area contributed by atoms with Gasteiger partial charge in [0.05, 0.1) is 6.42 Å². The summed E-state index contributed by atoms with van der Waals surface area (Å²) in [6.07, 6.45) is 3.96. The zero-order chi connectivity index (χ0) is 17.9. The van der Waals surface area contributed by atoms with Crippen molar-refractivity contribution in [2.45, 2.75) is 26.2 Å². The van der Waals surface area contributed by atoms with Gasteiger partial charge in [0.15, 0.2) is 0 Å². The molecule has 1 amide bonds. The lowest BCUT2D eigenvalue weighted by molar-refractivity contribution is -0.120. The van der Waals surface area contributed by atoms with Gasteiger partial charge >= 0.3 is 0 Å². The first kappa shape index (κ1) is 16.6. The number of carbonyl (C=O) groups is 1. The van der Waals surface area contributed by atoms with Gasteiger partial charge in [-0.3, -0.25) is 4.79 Å². The number of furan rings is 1. The van der Waals surface area contributed by atoms with Crippen LogP contribution in [0.2, 0.25) is 0 Å². The van der Waals surface area contributed by atoms with Gasteiger partial charge in [0.2, 0.25) is 11.9 Å². The lowest BCUT2D eigenvalue weighted by Gasteiger charge is -2.31. The van der Waals surface area contributed by atoms with Crippen molar-refractivity contribution in [3.8, 4) is 0 Å². The van der Waals surface area contributed by atoms with Gasteiger partial charge in [0, 0.05) is 30.6 Å². The van der Waals surface area contributed by atoms with Crippen molar-refractivity contribution < 1.29 is 9.21 Å². The SMILES string of the molecule is Cc1oc2ccccc2c1CC(=O)NCC1CCN(c2ncn[nH]2)CC1. The maximum Gasteiger partial charge on any atom is 0.224 e. The van der Waals surface area contributed by atoms with Crippen LogP contribution in [0.1, 0.15) is 24.2 Å². The predicted molar refractivity (Wildman–Crippen MR) is 99.0 cm³/mol. The Balaban J connectivity index is 1.29. The van der Waals surface area contributed by atoms with Crippen LogP contribution in [0.5, 0.6) is 0 Å². The number of hydrogen-bond donors (Lipinski definition) is 2. The van der Waals surface area contributed by atoms with Gasteiger partial charge in [-0.05, 0) is 31.7 Å². The Morgan fingerprint density at radius 3 is 2.92 bits per heavy atom. The van der Waals surface area contributed by atoms with Gasteiger partial charge in [-0.25, -0.2) is 5.10 Å². The van der Waals surface area contributed by atoms with Gasteiger partial charge in [0.1, 0.15) is 17.7 Å². The van der Waals surface area contributed by atoms with Crippen molar-refractivity contribution in [3.63, 3.8) is 0 Å². The van der Waals surface area contributed by atoms with Gasteiger partial charge in [0.25, 0.3) is 0 Å². The largest absolute Gasteiger partial charge is 0.461 e. The summed E-state index contributed by atoms with van der Waals surface area (Å²) < 4.78 is 5.74. The zero-order valence-corrected chi connectivity index (χ0v) is 14.9. The lowest BCUT2D eigenvalue weighted by atomic mass is 9.97. The number of fused-ring (bicyclic) bond motifs is 1. The predicted octanol–water partition coefficient (Wildman–Crippen LogP) is 2.43. The highest BCUT2D eigenvalue weighted by atomic mass is 16.3. The number of aromatic amines is 1. The zero-order valence-electron chi connectivity index (χ0n) is 14.9. The quantitative estimate of drug-likeness (QED) is 0.736. The first-order chi connectivity index (χ1) is 12.7. The van der Waals surface area contributed by atoms with E-state index in [1.165, 1.54) is 6.33 Å². The number of anilines is 1. The molecule has 1 aliphatic rings. The van der Waals surface area contributed by atoms with Crippen LogP contribution in [-0.2, 0) is 11.2 Å². The van der Waals surface area contributed by atoms with E-state index in [4.69, 9.17) is 4.42 Å². The maximum absolute atomic E-state index is 12.4. The Hall–Kier alpha value is -2.83. The molecule has 0 aliphatic carbocycles. The van der Waals surface area contributed by atoms with Gasteiger partial charge in [-0.15, -0.1) is 0 Å². The minimum absolute atomic E-state index is 0.0531. The molecule has 7 nitrogen and oxygen atoms in total. The Labute approximate surface area is 151 Å². The molecule has 2 N–H and O–H groups in total. The molecule has 1 fully saturated rings. The Bertz CT molecular complexity index is 879. The number of nitrogens with zero attached hydrogens (tertiary/aromatic N) is 3. The molecule has 1 saturated heterocycles. The number of carbonyl (C=O) groups excluding carboxylic acids is 1. The average molecular weight is 353 g/mol. The summed E-state index contributed by atoms with van der Waals surface area (Å²) in [6.45, 7) is 4.50. The van der Waals surface area contributed by atoms with Crippen LogP contribution in [0.15, 0.2) is 35.0 Å². The fraction of sp³-hybridized carbons (Fsp3) is 0.421. The highest BCUT2D eigenvalue weighted by Gasteiger charge is 2.22. The van der Waals surface area contributed by atoms with Crippen LogP contribution in [0.25, 0.3) is 11.0 Å². The van der Waals surface area contributed by atoms with Crippen LogP contribution in [-0.4, -0.2) is 40.7 Å². The third kappa shape index (κ3) is 3.42. The molecule has 0 saturated carbocycles. The molecule has 0 atom stereocenters. The van der Waals surface area contributed by atoms with E-state index in [9.17, 15) is 4.79 Å². The highest BCUT2D eigenvalue weighted by Crippen LogP contribution is 2.25. The van der Waals surface area contributed by atoms with E-state index >= 15 is 0 Å². The Morgan fingerprint density at radius 2 is 2.15 bits per heavy atom. The molecule has 3 heterocycles. The topological polar surface area (TPSA) is 87.1 Å². The molecule has 2 aromatic heterocycles. The van der Waals surface area contributed by atoms with Gasteiger partial charge < -0.3 is 14.6 Å². The number of hydrogen-bond acceptors (Lipinski definition) is 5. The molecular weight excluding hydrogens is 330 g/mol. The number of benzene rings is 1. The van der Waals surface area contributed by atoms with Gasteiger partial charge in [-0.2, -0.15) is 10.1 Å². The lowest BCUT2D eigenvalue weighted by Crippen LogP contribution is -2.39. The highest BCUT2D eigenvalue weighted by molar-refractivity contribution is 5.88. The number of para-hydroxylation sites is 1. The van der Waals surface area contributed by atoms with Crippen molar-refractivity contribution in [2.75, 3.05) is 24.5 Å². The number of aromatic nitrogens is 3. The second kappa shape index (κ2) is 7.19. The molecule has 1 aromatic carbocycles. The third-order valence-electron chi connectivity index (χ3n) is 5.14. The van der Waals surface area contributed by atoms with E-state index in [1.54, 1.807) is 0 Å². The number of piperidine rings is 1. The first-order valence-corrected chi connectivity index (χ1v) is 9.04. The van der Waals surface area contributed by atoms with E-state index in [1.807, 2.05) is 31.2 Å². The van der Waals surface area contributed by atoms with Crippen LogP contribution in [0.4, 0.5) is 5.95 Å². The number of H-pyrrole nitrogens is 1. The summed E-state index contributed by atoms with van der Waals surface area (Å²) in [6, 6.07) is 7.86. The number of aryl methyl sites for hydroxylation is 1. The molecule has 136 valence electrons. The molecule has 0 unspecified atom stereocenters. The summed E-state index contributed by atoms with van der Waals surface area (Å²) >= 11 is 0. The average Bonchev–Trinajstić information content (AvgIpc) is 3.29. The first-order valence-electron chi connectivity index (χ1n) is 9.04. The van der Waals surface area contributed by atoms with Crippen molar-refractivity contribution >= 4 is 22.8 Å². The summed E-state index contributed by atoms with van der Waals surface area (Å²) in [4.78, 5) is 18.8. The molecule has 0 bridgehead atoms. The Morgan fingerprint density at radius 1 is 1.35 bits per heavy atom. The monoisotopic (exact) mass is 353 g/mol. The molecule has 26 heavy (non-hydrogen) atoms. The molecule has 7 heteroatoms. The number of amides is 1.